The lowest BCUT2D eigenvalue weighted by molar-refractivity contribution is -0.140. The molecule has 0 aliphatic rings. The van der Waals surface area contributed by atoms with Gasteiger partial charge in [0.25, 0.3) is 0 Å². The molecule has 0 fully saturated rings. The highest BCUT2D eigenvalue weighted by atomic mass is 28.4. The van der Waals surface area contributed by atoms with E-state index in [1.54, 1.807) is 13.8 Å². The molecule has 0 saturated heterocycles. The summed E-state index contributed by atoms with van der Waals surface area (Å²) in [6, 6.07) is 0. The first-order chi connectivity index (χ1) is 8.42. The van der Waals surface area contributed by atoms with Gasteiger partial charge in [-0.2, -0.15) is 0 Å². The van der Waals surface area contributed by atoms with Crippen LogP contribution in [0.4, 0.5) is 0 Å². The number of rotatable bonds is 7. The van der Waals surface area contributed by atoms with Gasteiger partial charge >= 0.3 is 5.97 Å². The van der Waals surface area contributed by atoms with E-state index in [0.29, 0.717) is 6.42 Å². The predicted molar refractivity (Wildman–Crippen MR) is 78.8 cm³/mol. The number of carboxylic acids is 1. The van der Waals surface area contributed by atoms with Crippen molar-refractivity contribution in [2.45, 2.75) is 71.7 Å². The van der Waals surface area contributed by atoms with Crippen LogP contribution in [0.1, 0.15) is 47.5 Å². The molecule has 0 aliphatic heterocycles. The number of hydrogen-bond acceptors (Lipinski definition) is 3. The molecule has 0 unspecified atom stereocenters. The van der Waals surface area contributed by atoms with E-state index in [2.05, 4.69) is 33.9 Å². The maximum Gasteiger partial charge on any atom is 0.305 e. The molecule has 0 saturated carbocycles. The third kappa shape index (κ3) is 5.44. The second-order valence-corrected chi connectivity index (χ2v) is 11.4. The van der Waals surface area contributed by atoms with Gasteiger partial charge in [0, 0.05) is 12.3 Å². The maximum absolute atomic E-state index is 11.8. The molecular formula is C14H28O4Si. The molecule has 0 aromatic rings. The van der Waals surface area contributed by atoms with Gasteiger partial charge in [-0.1, -0.05) is 34.6 Å². The average Bonchev–Trinajstić information content (AvgIpc) is 2.23. The van der Waals surface area contributed by atoms with Gasteiger partial charge in [0.15, 0.2) is 8.32 Å². The van der Waals surface area contributed by atoms with Crippen molar-refractivity contribution >= 4 is 20.1 Å². The second kappa shape index (κ2) is 6.66. The van der Waals surface area contributed by atoms with Gasteiger partial charge in [0.05, 0.1) is 12.5 Å². The van der Waals surface area contributed by atoms with Crippen molar-refractivity contribution in [2.24, 2.45) is 5.92 Å². The van der Waals surface area contributed by atoms with Crippen LogP contribution >= 0.6 is 0 Å². The van der Waals surface area contributed by atoms with Crippen LogP contribution in [0.2, 0.25) is 18.1 Å². The normalized spacial score (nSPS) is 15.9. The molecule has 0 bridgehead atoms. The molecule has 4 nitrogen and oxygen atoms in total. The standard InChI is InChI=1S/C14H28O4Si/c1-8-11(15)10(2)12(9-13(16)17)18-19(6,7)14(3,4)5/h10,12H,8-9H2,1-7H3,(H,16,17)/t10-,12+/m1/s1. The molecule has 112 valence electrons. The van der Waals surface area contributed by atoms with E-state index >= 15 is 0 Å². The van der Waals surface area contributed by atoms with Crippen molar-refractivity contribution in [1.29, 1.82) is 0 Å². The molecule has 0 rings (SSSR count). The first-order valence-corrected chi connectivity index (χ1v) is 9.75. The van der Waals surface area contributed by atoms with Crippen molar-refractivity contribution in [3.63, 3.8) is 0 Å². The zero-order valence-electron chi connectivity index (χ0n) is 13.2. The largest absolute Gasteiger partial charge is 0.481 e. The van der Waals surface area contributed by atoms with Crippen LogP contribution in [-0.2, 0) is 14.0 Å². The Balaban J connectivity index is 5.07. The summed E-state index contributed by atoms with van der Waals surface area (Å²) >= 11 is 0. The molecule has 0 radical (unpaired) electrons. The monoisotopic (exact) mass is 288 g/mol. The first kappa shape index (κ1) is 18.3. The van der Waals surface area contributed by atoms with Crippen LogP contribution in [0.3, 0.4) is 0 Å². The summed E-state index contributed by atoms with van der Waals surface area (Å²) in [4.78, 5) is 22.8. The fraction of sp³-hybridized carbons (Fsp3) is 0.857. The zero-order valence-corrected chi connectivity index (χ0v) is 14.2. The molecule has 2 atom stereocenters. The Labute approximate surface area is 117 Å². The quantitative estimate of drug-likeness (QED) is 0.729. The van der Waals surface area contributed by atoms with Crippen molar-refractivity contribution in [3.05, 3.63) is 0 Å². The van der Waals surface area contributed by atoms with Crippen LogP contribution in [0.15, 0.2) is 0 Å². The summed E-state index contributed by atoms with van der Waals surface area (Å²) in [5, 5.41) is 9.01. The topological polar surface area (TPSA) is 63.6 Å². The van der Waals surface area contributed by atoms with Crippen molar-refractivity contribution in [2.75, 3.05) is 0 Å². The number of carbonyl (C=O) groups excluding carboxylic acids is 1. The Hall–Kier alpha value is -0.683. The highest BCUT2D eigenvalue weighted by Gasteiger charge is 2.41. The number of carboxylic acid groups (broad SMARTS) is 1. The molecule has 19 heavy (non-hydrogen) atoms. The minimum absolute atomic E-state index is 0.00125. The van der Waals surface area contributed by atoms with E-state index in [0.717, 1.165) is 0 Å². The van der Waals surface area contributed by atoms with E-state index < -0.39 is 20.4 Å². The van der Waals surface area contributed by atoms with E-state index in [1.807, 2.05) is 0 Å². The SMILES string of the molecule is CCC(=O)[C@@H](C)[C@H](CC(=O)O)O[Si](C)(C)C(C)(C)C. The van der Waals surface area contributed by atoms with Crippen LogP contribution < -0.4 is 0 Å². The Morgan fingerprint density at radius 3 is 2.05 bits per heavy atom. The lowest BCUT2D eigenvalue weighted by Gasteiger charge is -2.40. The van der Waals surface area contributed by atoms with Crippen LogP contribution in [0.5, 0.6) is 0 Å². The number of Topliss-reactive ketones (excluding diaryl/α,β-unsaturated/α-hetero) is 1. The molecule has 0 aliphatic carbocycles. The van der Waals surface area contributed by atoms with E-state index in [1.165, 1.54) is 0 Å². The number of ketones is 1. The molecule has 0 amide bonds. The van der Waals surface area contributed by atoms with Crippen LogP contribution in [0.25, 0.3) is 0 Å². The van der Waals surface area contributed by atoms with Gasteiger partial charge in [-0.25, -0.2) is 0 Å². The summed E-state index contributed by atoms with van der Waals surface area (Å²) < 4.78 is 6.14. The van der Waals surface area contributed by atoms with Gasteiger partial charge in [-0.05, 0) is 18.1 Å². The highest BCUT2D eigenvalue weighted by molar-refractivity contribution is 6.74. The third-order valence-corrected chi connectivity index (χ3v) is 8.55. The fourth-order valence-electron chi connectivity index (χ4n) is 1.58. The van der Waals surface area contributed by atoms with Gasteiger partial charge in [-0.15, -0.1) is 0 Å². The number of carbonyl (C=O) groups is 2. The third-order valence-electron chi connectivity index (χ3n) is 4.04. The van der Waals surface area contributed by atoms with E-state index in [9.17, 15) is 9.59 Å². The molecular weight excluding hydrogens is 260 g/mol. The lowest BCUT2D eigenvalue weighted by atomic mass is 9.96. The number of aliphatic carboxylic acids is 1. The van der Waals surface area contributed by atoms with Gasteiger partial charge in [-0.3, -0.25) is 9.59 Å². The smallest absolute Gasteiger partial charge is 0.305 e. The number of hydrogen-bond donors (Lipinski definition) is 1. The molecule has 5 heteroatoms. The zero-order chi connectivity index (χ0) is 15.4. The minimum atomic E-state index is -2.07. The molecule has 0 aromatic heterocycles. The Morgan fingerprint density at radius 1 is 1.26 bits per heavy atom. The molecule has 0 heterocycles. The van der Waals surface area contributed by atoms with Gasteiger partial charge in [0.1, 0.15) is 5.78 Å². The lowest BCUT2D eigenvalue weighted by Crippen LogP contribution is -2.47. The summed E-state index contributed by atoms with van der Waals surface area (Å²) in [7, 11) is -2.07. The van der Waals surface area contributed by atoms with Crippen LogP contribution in [0, 0.1) is 5.92 Å². The predicted octanol–water partition coefficient (Wildman–Crippen LogP) is 3.47. The Morgan fingerprint density at radius 2 is 1.74 bits per heavy atom. The summed E-state index contributed by atoms with van der Waals surface area (Å²) in [5.74, 6) is -1.22. The second-order valence-electron chi connectivity index (χ2n) is 6.62. The Kier molecular flexibility index (Phi) is 6.42. The molecule has 0 aromatic carbocycles. The van der Waals surface area contributed by atoms with Gasteiger partial charge in [0.2, 0.25) is 0 Å². The highest BCUT2D eigenvalue weighted by Crippen LogP contribution is 2.38. The van der Waals surface area contributed by atoms with Crippen molar-refractivity contribution < 1.29 is 19.1 Å². The Bertz CT molecular complexity index is 331. The van der Waals surface area contributed by atoms with Crippen molar-refractivity contribution in [1.82, 2.24) is 0 Å². The molecule has 1 N–H and O–H groups in total. The fourth-order valence-corrected chi connectivity index (χ4v) is 2.98. The van der Waals surface area contributed by atoms with E-state index in [-0.39, 0.29) is 23.2 Å². The first-order valence-electron chi connectivity index (χ1n) is 6.84. The maximum atomic E-state index is 11.8. The summed E-state index contributed by atoms with van der Waals surface area (Å²) in [5.41, 5.74) is 0. The average molecular weight is 288 g/mol. The summed E-state index contributed by atoms with van der Waals surface area (Å²) in [6.07, 6.45) is -0.219. The van der Waals surface area contributed by atoms with Crippen LogP contribution in [-0.4, -0.2) is 31.3 Å². The van der Waals surface area contributed by atoms with Crippen molar-refractivity contribution in [3.8, 4) is 0 Å². The molecule has 0 spiro atoms. The van der Waals surface area contributed by atoms with Gasteiger partial charge < -0.3 is 9.53 Å². The minimum Gasteiger partial charge on any atom is -0.481 e. The summed E-state index contributed by atoms with van der Waals surface area (Å²) in [6.45, 7) is 14.0. The van der Waals surface area contributed by atoms with E-state index in [4.69, 9.17) is 9.53 Å².